The largest absolute Gasteiger partial charge is 0.494 e. The lowest BCUT2D eigenvalue weighted by Gasteiger charge is -2.15. The molecule has 0 aliphatic heterocycles. The molecule has 0 amide bonds. The van der Waals surface area contributed by atoms with Crippen molar-refractivity contribution < 1.29 is 9.47 Å². The van der Waals surface area contributed by atoms with E-state index in [-0.39, 0.29) is 6.10 Å². The number of hydrogen-bond donors (Lipinski definition) is 0. The van der Waals surface area contributed by atoms with Crippen LogP contribution in [0.25, 0.3) is 22.3 Å². The zero-order chi connectivity index (χ0) is 31.8. The molecule has 0 heterocycles. The van der Waals surface area contributed by atoms with Crippen LogP contribution in [0.3, 0.4) is 0 Å². The molecule has 0 aromatic heterocycles. The molecule has 248 valence electrons. The fraction of sp³-hybridized carbons (Fsp3) is 0.581. The molecule has 0 saturated heterocycles. The third-order valence-electron chi connectivity index (χ3n) is 9.17. The minimum Gasteiger partial charge on any atom is -0.494 e. The minimum atomic E-state index is 0.121. The maximum absolute atomic E-state index is 6.21. The highest BCUT2D eigenvalue weighted by Crippen LogP contribution is 2.34. The van der Waals surface area contributed by atoms with E-state index in [2.05, 4.69) is 93.6 Å². The summed E-state index contributed by atoms with van der Waals surface area (Å²) >= 11 is 0. The Bertz CT molecular complexity index is 1120. The lowest BCUT2D eigenvalue weighted by Crippen LogP contribution is -2.02. The van der Waals surface area contributed by atoms with Crippen LogP contribution in [-0.4, -0.2) is 13.2 Å². The Kier molecular flexibility index (Phi) is 19.4. The molecule has 0 aliphatic carbocycles. The normalized spacial score (nSPS) is 12.0. The Hall–Kier alpha value is -2.58. The highest BCUT2D eigenvalue weighted by Gasteiger charge is 2.10. The summed E-state index contributed by atoms with van der Waals surface area (Å²) in [6, 6.07) is 26.3. The minimum absolute atomic E-state index is 0.121. The van der Waals surface area contributed by atoms with Crippen molar-refractivity contribution in [3.63, 3.8) is 0 Å². The van der Waals surface area contributed by atoms with E-state index in [0.29, 0.717) is 0 Å². The molecule has 3 rings (SSSR count). The van der Waals surface area contributed by atoms with Crippen molar-refractivity contribution >= 4 is 0 Å². The second-order valence-electron chi connectivity index (χ2n) is 13.1. The molecule has 45 heavy (non-hydrogen) atoms. The monoisotopic (exact) mass is 612 g/mol. The maximum Gasteiger partial charge on any atom is 0.119 e. The third-order valence-corrected chi connectivity index (χ3v) is 9.17. The predicted octanol–water partition coefficient (Wildman–Crippen LogP) is 13.9. The van der Waals surface area contributed by atoms with Crippen LogP contribution in [0.4, 0.5) is 0 Å². The summed E-state index contributed by atoms with van der Waals surface area (Å²) in [6.07, 6.45) is 25.7. The molecule has 1 atom stereocenters. The molecule has 3 aromatic carbocycles. The zero-order valence-corrected chi connectivity index (χ0v) is 29.2. The first-order valence-corrected chi connectivity index (χ1v) is 18.8. The second kappa shape index (κ2) is 23.7. The van der Waals surface area contributed by atoms with Gasteiger partial charge in [0.15, 0.2) is 0 Å². The average Bonchev–Trinajstić information content (AvgIpc) is 3.08. The van der Waals surface area contributed by atoms with Crippen LogP contribution in [0.5, 0.6) is 5.75 Å². The van der Waals surface area contributed by atoms with E-state index in [0.717, 1.165) is 31.8 Å². The molecular weight excluding hydrogens is 548 g/mol. The van der Waals surface area contributed by atoms with Crippen molar-refractivity contribution in [2.75, 3.05) is 13.2 Å². The first kappa shape index (κ1) is 36.9. The van der Waals surface area contributed by atoms with Gasteiger partial charge in [0.25, 0.3) is 0 Å². The van der Waals surface area contributed by atoms with E-state index in [1.807, 2.05) is 0 Å². The van der Waals surface area contributed by atoms with E-state index in [1.165, 1.54) is 137 Å². The Labute approximate surface area is 277 Å². The zero-order valence-electron chi connectivity index (χ0n) is 29.2. The third kappa shape index (κ3) is 15.0. The lowest BCUT2D eigenvalue weighted by molar-refractivity contribution is 0.0627. The van der Waals surface area contributed by atoms with Crippen LogP contribution in [0.15, 0.2) is 72.8 Å². The number of ether oxygens (including phenoxy) is 2. The van der Waals surface area contributed by atoms with Gasteiger partial charge in [-0.1, -0.05) is 184 Å². The van der Waals surface area contributed by atoms with E-state index >= 15 is 0 Å². The molecule has 0 spiro atoms. The van der Waals surface area contributed by atoms with Gasteiger partial charge in [-0.25, -0.2) is 0 Å². The second-order valence-corrected chi connectivity index (χ2v) is 13.1. The van der Waals surface area contributed by atoms with Gasteiger partial charge in [0.05, 0.1) is 12.7 Å². The summed E-state index contributed by atoms with van der Waals surface area (Å²) in [6.45, 7) is 8.40. The highest BCUT2D eigenvalue weighted by molar-refractivity contribution is 5.83. The van der Waals surface area contributed by atoms with Crippen LogP contribution in [0, 0.1) is 0 Å². The van der Waals surface area contributed by atoms with Crippen LogP contribution >= 0.6 is 0 Å². The summed E-state index contributed by atoms with van der Waals surface area (Å²) in [5, 5.41) is 0. The average molecular weight is 613 g/mol. The number of hydrogen-bond acceptors (Lipinski definition) is 2. The van der Waals surface area contributed by atoms with Crippen LogP contribution in [0.1, 0.15) is 154 Å². The van der Waals surface area contributed by atoms with Crippen molar-refractivity contribution in [1.29, 1.82) is 0 Å². The molecule has 1 unspecified atom stereocenters. The highest BCUT2D eigenvalue weighted by atomic mass is 16.5. The van der Waals surface area contributed by atoms with Gasteiger partial charge in [0, 0.05) is 6.61 Å². The fourth-order valence-corrected chi connectivity index (χ4v) is 6.20. The summed E-state index contributed by atoms with van der Waals surface area (Å²) < 4.78 is 12.3. The van der Waals surface area contributed by atoms with Gasteiger partial charge < -0.3 is 9.47 Å². The van der Waals surface area contributed by atoms with Gasteiger partial charge in [0.1, 0.15) is 5.75 Å². The maximum atomic E-state index is 6.21. The smallest absolute Gasteiger partial charge is 0.119 e. The SMILES string of the molecule is CCCCCCCCCCCCCOC(C)c1ccc(-c2ccccc2-c2ccc(OCCCCCCCCCC)cc2)cc1. The topological polar surface area (TPSA) is 18.5 Å². The van der Waals surface area contributed by atoms with E-state index in [9.17, 15) is 0 Å². The first-order valence-electron chi connectivity index (χ1n) is 18.8. The van der Waals surface area contributed by atoms with Gasteiger partial charge in [-0.3, -0.25) is 0 Å². The fourth-order valence-electron chi connectivity index (χ4n) is 6.20. The predicted molar refractivity (Wildman–Crippen MR) is 196 cm³/mol. The van der Waals surface area contributed by atoms with Gasteiger partial charge in [-0.2, -0.15) is 0 Å². The Morgan fingerprint density at radius 2 is 0.844 bits per heavy atom. The Morgan fingerprint density at radius 3 is 1.31 bits per heavy atom. The quantitative estimate of drug-likeness (QED) is 0.0840. The molecular formula is C43H64O2. The number of unbranched alkanes of at least 4 members (excludes halogenated alkanes) is 17. The standard InChI is InChI=1S/C43H64O2/c1-4-6-8-10-12-14-15-16-18-19-23-35-44-37(3)38-27-29-39(30-28-38)42-25-21-22-26-43(42)40-31-33-41(34-32-40)45-36-24-20-17-13-11-9-7-5-2/h21-22,25-34,37H,4-20,23-24,35-36H2,1-3H3. The van der Waals surface area contributed by atoms with Crippen LogP contribution in [0.2, 0.25) is 0 Å². The summed E-state index contributed by atoms with van der Waals surface area (Å²) in [5.41, 5.74) is 6.21. The first-order chi connectivity index (χ1) is 22.2. The van der Waals surface area contributed by atoms with Crippen molar-refractivity contribution in [2.24, 2.45) is 0 Å². The lowest BCUT2D eigenvalue weighted by atomic mass is 9.94. The molecule has 0 bridgehead atoms. The molecule has 2 nitrogen and oxygen atoms in total. The molecule has 0 N–H and O–H groups in total. The molecule has 0 saturated carbocycles. The van der Waals surface area contributed by atoms with Gasteiger partial charge in [0.2, 0.25) is 0 Å². The van der Waals surface area contributed by atoms with Gasteiger partial charge >= 0.3 is 0 Å². The summed E-state index contributed by atoms with van der Waals surface area (Å²) in [5.74, 6) is 0.964. The van der Waals surface area contributed by atoms with Crippen molar-refractivity contribution in [3.8, 4) is 28.0 Å². The van der Waals surface area contributed by atoms with E-state index in [1.54, 1.807) is 0 Å². The molecule has 3 aromatic rings. The van der Waals surface area contributed by atoms with Crippen molar-refractivity contribution in [3.05, 3.63) is 78.4 Å². The Balaban J connectivity index is 1.38. The van der Waals surface area contributed by atoms with Crippen LogP contribution < -0.4 is 4.74 Å². The number of benzene rings is 3. The summed E-state index contributed by atoms with van der Waals surface area (Å²) in [7, 11) is 0. The van der Waals surface area contributed by atoms with Crippen molar-refractivity contribution in [2.45, 2.75) is 149 Å². The molecule has 2 heteroatoms. The van der Waals surface area contributed by atoms with Gasteiger partial charge in [-0.15, -0.1) is 0 Å². The summed E-state index contributed by atoms with van der Waals surface area (Å²) in [4.78, 5) is 0. The molecule has 0 aliphatic rings. The number of rotatable bonds is 26. The Morgan fingerprint density at radius 1 is 0.444 bits per heavy atom. The van der Waals surface area contributed by atoms with Gasteiger partial charge in [-0.05, 0) is 59.7 Å². The van der Waals surface area contributed by atoms with E-state index in [4.69, 9.17) is 9.47 Å². The van der Waals surface area contributed by atoms with Crippen LogP contribution in [-0.2, 0) is 4.74 Å². The van der Waals surface area contributed by atoms with Crippen molar-refractivity contribution in [1.82, 2.24) is 0 Å². The van der Waals surface area contributed by atoms with E-state index < -0.39 is 0 Å². The molecule has 0 fully saturated rings. The molecule has 0 radical (unpaired) electrons.